The van der Waals surface area contributed by atoms with E-state index in [9.17, 15) is 0 Å². The molecule has 0 bridgehead atoms. The van der Waals surface area contributed by atoms with Gasteiger partial charge in [-0.1, -0.05) is 76.6 Å². The van der Waals surface area contributed by atoms with Gasteiger partial charge in [0.2, 0.25) is 0 Å². The minimum Gasteiger partial charge on any atom is -0.0951 e. The van der Waals surface area contributed by atoms with Crippen molar-refractivity contribution in [1.29, 1.82) is 0 Å². The molecule has 0 nitrogen and oxygen atoms in total. The Morgan fingerprint density at radius 1 is 0.913 bits per heavy atom. The normalized spacial score (nSPS) is 22.0. The molecule has 1 atom stereocenters. The summed E-state index contributed by atoms with van der Waals surface area (Å²) in [6.45, 7) is 6.73. The van der Waals surface area contributed by atoms with Crippen molar-refractivity contribution in [3.63, 3.8) is 0 Å². The molecule has 1 unspecified atom stereocenters. The van der Waals surface area contributed by atoms with Crippen LogP contribution in [0.3, 0.4) is 0 Å². The van der Waals surface area contributed by atoms with E-state index in [1.54, 1.807) is 0 Å². The van der Waals surface area contributed by atoms with Crippen LogP contribution in [-0.4, -0.2) is 0 Å². The largest absolute Gasteiger partial charge is 0.0951 e. The highest BCUT2D eigenvalue weighted by Crippen LogP contribution is 2.31. The Hall–Kier alpha value is -1.14. The van der Waals surface area contributed by atoms with E-state index in [0.717, 1.165) is 12.3 Å². The molecule has 0 saturated heterocycles. The third-order valence-electron chi connectivity index (χ3n) is 5.02. The van der Waals surface area contributed by atoms with E-state index in [4.69, 9.17) is 0 Å². The minimum absolute atomic E-state index is 0.556. The maximum absolute atomic E-state index is 3.43. The molecule has 1 aliphatic carbocycles. The topological polar surface area (TPSA) is 0 Å². The van der Waals surface area contributed by atoms with Crippen LogP contribution in [0.5, 0.6) is 0 Å². The van der Waals surface area contributed by atoms with Crippen molar-refractivity contribution in [2.75, 3.05) is 0 Å². The second-order valence-corrected chi connectivity index (χ2v) is 7.02. The molecule has 1 saturated carbocycles. The monoisotopic (exact) mass is 312 g/mol. The lowest BCUT2D eigenvalue weighted by molar-refractivity contribution is 0.294. The zero-order valence-corrected chi connectivity index (χ0v) is 15.7. The first-order valence-corrected chi connectivity index (χ1v) is 9.97. The van der Waals surface area contributed by atoms with Crippen molar-refractivity contribution in [1.82, 2.24) is 0 Å². The highest BCUT2D eigenvalue weighted by molar-refractivity contribution is 5.26. The molecule has 0 spiro atoms. The van der Waals surface area contributed by atoms with Crippen LogP contribution in [0, 0.1) is 41.4 Å². The lowest BCUT2D eigenvalue weighted by Gasteiger charge is -2.25. The Labute approximate surface area is 145 Å². The van der Waals surface area contributed by atoms with Crippen LogP contribution in [0.25, 0.3) is 0 Å². The molecule has 23 heavy (non-hydrogen) atoms. The molecule has 1 aliphatic rings. The van der Waals surface area contributed by atoms with E-state index in [1.165, 1.54) is 64.2 Å². The minimum atomic E-state index is 0.556. The molecule has 0 aromatic heterocycles. The van der Waals surface area contributed by atoms with Crippen molar-refractivity contribution >= 4 is 0 Å². The van der Waals surface area contributed by atoms with Crippen molar-refractivity contribution in [3.8, 4) is 23.7 Å². The van der Waals surface area contributed by atoms with Crippen LogP contribution in [0.2, 0.25) is 0 Å². The van der Waals surface area contributed by atoms with E-state index in [2.05, 4.69) is 44.5 Å². The van der Waals surface area contributed by atoms with E-state index in [1.807, 2.05) is 12.2 Å². The average molecular weight is 313 g/mol. The standard InChI is InChI=1S/C23H36/c1-4-7-10-15-22-17-19-23(20-18-22)16-12-9-8-11-14-21(6-3)13-5-2/h8-9,21-23H,4-7,10,13,15,17-20H2,1-3H3. The molecule has 0 aromatic carbocycles. The van der Waals surface area contributed by atoms with Gasteiger partial charge in [0.25, 0.3) is 0 Å². The predicted octanol–water partition coefficient (Wildman–Crippen LogP) is 6.76. The van der Waals surface area contributed by atoms with Crippen LogP contribution in [0.15, 0.2) is 12.2 Å². The fourth-order valence-electron chi connectivity index (χ4n) is 3.42. The first-order chi connectivity index (χ1) is 11.3. The first kappa shape index (κ1) is 19.9. The molecule has 1 fully saturated rings. The summed E-state index contributed by atoms with van der Waals surface area (Å²) in [5, 5.41) is 0. The van der Waals surface area contributed by atoms with Gasteiger partial charge in [-0.05, 0) is 56.6 Å². The van der Waals surface area contributed by atoms with E-state index < -0.39 is 0 Å². The average Bonchev–Trinajstić information content (AvgIpc) is 2.58. The molecular formula is C23H36. The molecule has 1 rings (SSSR count). The van der Waals surface area contributed by atoms with Crippen molar-refractivity contribution < 1.29 is 0 Å². The molecule has 0 amide bonds. The Bertz CT molecular complexity index is 426. The van der Waals surface area contributed by atoms with Gasteiger partial charge in [0.15, 0.2) is 0 Å². The summed E-state index contributed by atoms with van der Waals surface area (Å²) < 4.78 is 0. The van der Waals surface area contributed by atoms with Gasteiger partial charge in [0, 0.05) is 11.8 Å². The van der Waals surface area contributed by atoms with Gasteiger partial charge in [-0.15, -0.1) is 0 Å². The predicted molar refractivity (Wildman–Crippen MR) is 103 cm³/mol. The van der Waals surface area contributed by atoms with Gasteiger partial charge in [-0.3, -0.25) is 0 Å². The van der Waals surface area contributed by atoms with Crippen molar-refractivity contribution in [2.45, 2.75) is 91.4 Å². The van der Waals surface area contributed by atoms with Gasteiger partial charge < -0.3 is 0 Å². The second-order valence-electron chi connectivity index (χ2n) is 7.02. The summed E-state index contributed by atoms with van der Waals surface area (Å²) in [4.78, 5) is 0. The molecule has 0 heteroatoms. The third kappa shape index (κ3) is 9.56. The van der Waals surface area contributed by atoms with Gasteiger partial charge in [0.05, 0.1) is 0 Å². The molecular weight excluding hydrogens is 276 g/mol. The number of hydrogen-bond acceptors (Lipinski definition) is 0. The maximum atomic E-state index is 3.43. The first-order valence-electron chi connectivity index (χ1n) is 9.97. The Morgan fingerprint density at radius 3 is 2.30 bits per heavy atom. The van der Waals surface area contributed by atoms with Crippen LogP contribution >= 0.6 is 0 Å². The Morgan fingerprint density at radius 2 is 1.65 bits per heavy atom. The van der Waals surface area contributed by atoms with Gasteiger partial charge >= 0.3 is 0 Å². The number of unbranched alkanes of at least 4 members (excludes halogenated alkanes) is 2. The van der Waals surface area contributed by atoms with Crippen LogP contribution in [0.1, 0.15) is 91.4 Å². The molecule has 128 valence electrons. The maximum Gasteiger partial charge on any atom is 0.0206 e. The van der Waals surface area contributed by atoms with Crippen LogP contribution in [-0.2, 0) is 0 Å². The summed E-state index contributed by atoms with van der Waals surface area (Å²) in [5.74, 6) is 15.3. The second kappa shape index (κ2) is 13.3. The Kier molecular flexibility index (Phi) is 11.5. The smallest absolute Gasteiger partial charge is 0.0206 e. The summed E-state index contributed by atoms with van der Waals surface area (Å²) in [7, 11) is 0. The van der Waals surface area contributed by atoms with Gasteiger partial charge in [-0.2, -0.15) is 0 Å². The molecule has 0 heterocycles. The summed E-state index contributed by atoms with van der Waals surface area (Å²) >= 11 is 0. The number of allylic oxidation sites excluding steroid dienone is 2. The van der Waals surface area contributed by atoms with E-state index in [0.29, 0.717) is 11.8 Å². The summed E-state index contributed by atoms with van der Waals surface area (Å²) in [6.07, 6.45) is 18.5. The molecule has 0 radical (unpaired) electrons. The van der Waals surface area contributed by atoms with Crippen molar-refractivity contribution in [2.24, 2.45) is 17.8 Å². The Balaban J connectivity index is 2.25. The van der Waals surface area contributed by atoms with Crippen LogP contribution < -0.4 is 0 Å². The van der Waals surface area contributed by atoms with E-state index in [-0.39, 0.29) is 0 Å². The molecule has 0 aliphatic heterocycles. The molecule has 0 aromatic rings. The zero-order chi connectivity index (χ0) is 16.8. The summed E-state index contributed by atoms with van der Waals surface area (Å²) in [6, 6.07) is 0. The number of hydrogen-bond donors (Lipinski definition) is 0. The third-order valence-corrected chi connectivity index (χ3v) is 5.02. The highest BCUT2D eigenvalue weighted by atomic mass is 14.2. The quantitative estimate of drug-likeness (QED) is 0.360. The lowest BCUT2D eigenvalue weighted by Crippen LogP contribution is -2.13. The SMILES string of the molecule is CCCCCC1CCC(C#CC=CC#CC(CC)CCC)CC1. The number of rotatable bonds is 7. The zero-order valence-electron chi connectivity index (χ0n) is 15.7. The van der Waals surface area contributed by atoms with Gasteiger partial charge in [-0.25, -0.2) is 0 Å². The highest BCUT2D eigenvalue weighted by Gasteiger charge is 2.19. The van der Waals surface area contributed by atoms with Crippen LogP contribution in [0.4, 0.5) is 0 Å². The van der Waals surface area contributed by atoms with E-state index >= 15 is 0 Å². The van der Waals surface area contributed by atoms with Crippen molar-refractivity contribution in [3.05, 3.63) is 12.2 Å². The summed E-state index contributed by atoms with van der Waals surface area (Å²) in [5.41, 5.74) is 0. The fraction of sp³-hybridized carbons (Fsp3) is 0.739. The van der Waals surface area contributed by atoms with Gasteiger partial charge in [0.1, 0.15) is 0 Å². The molecule has 0 N–H and O–H groups in total. The fourth-order valence-corrected chi connectivity index (χ4v) is 3.42. The lowest BCUT2D eigenvalue weighted by atomic mass is 9.80.